The number of anilines is 1. The molecule has 1 unspecified atom stereocenters. The van der Waals surface area contributed by atoms with Gasteiger partial charge in [0, 0.05) is 24.8 Å². The zero-order valence-electron chi connectivity index (χ0n) is 6.64. The molecule has 1 aromatic heterocycles. The maximum absolute atomic E-state index is 9.42. The first-order valence-electron chi connectivity index (χ1n) is 3.75. The van der Waals surface area contributed by atoms with E-state index < -0.39 is 6.10 Å². The van der Waals surface area contributed by atoms with E-state index >= 15 is 0 Å². The van der Waals surface area contributed by atoms with Crippen LogP contribution in [0.25, 0.3) is 0 Å². The van der Waals surface area contributed by atoms with Crippen molar-refractivity contribution < 1.29 is 10.2 Å². The average molecular weight is 168 g/mol. The lowest BCUT2D eigenvalue weighted by Crippen LogP contribution is -2.05. The number of nitrogens with zero attached hydrogens (tertiary/aromatic N) is 1. The van der Waals surface area contributed by atoms with Gasteiger partial charge in [-0.2, -0.15) is 0 Å². The number of nitrogen functional groups attached to an aromatic ring is 1. The zero-order valence-corrected chi connectivity index (χ0v) is 6.64. The van der Waals surface area contributed by atoms with E-state index in [0.29, 0.717) is 11.4 Å². The predicted octanol–water partition coefficient (Wildman–Crippen LogP) is 0.0796. The molecule has 0 spiro atoms. The number of hydrogen-bond acceptors (Lipinski definition) is 4. The molecule has 4 heteroatoms. The predicted molar refractivity (Wildman–Crippen MR) is 45.3 cm³/mol. The first kappa shape index (κ1) is 8.96. The fourth-order valence-electron chi connectivity index (χ4n) is 0.990. The third-order valence-electron chi connectivity index (χ3n) is 1.63. The van der Waals surface area contributed by atoms with Crippen LogP contribution in [0.2, 0.25) is 0 Å². The fraction of sp³-hybridized carbons (Fsp3) is 0.375. The Morgan fingerprint density at radius 1 is 1.58 bits per heavy atom. The second-order valence-electron chi connectivity index (χ2n) is 2.51. The molecular weight excluding hydrogens is 156 g/mol. The summed E-state index contributed by atoms with van der Waals surface area (Å²) in [5.41, 5.74) is 6.07. The summed E-state index contributed by atoms with van der Waals surface area (Å²) >= 11 is 0. The Bertz CT molecular complexity index is 253. The van der Waals surface area contributed by atoms with Crippen LogP contribution in [0.3, 0.4) is 0 Å². The summed E-state index contributed by atoms with van der Waals surface area (Å²) in [6.07, 6.45) is 1.13. The third kappa shape index (κ3) is 1.93. The molecular formula is C8H12N2O2. The summed E-state index contributed by atoms with van der Waals surface area (Å²) in [6, 6.07) is 3.40. The van der Waals surface area contributed by atoms with Gasteiger partial charge < -0.3 is 15.9 Å². The molecule has 1 atom stereocenters. The van der Waals surface area contributed by atoms with Crippen LogP contribution in [0, 0.1) is 0 Å². The summed E-state index contributed by atoms with van der Waals surface area (Å²) < 4.78 is 0. The van der Waals surface area contributed by atoms with Gasteiger partial charge >= 0.3 is 0 Å². The van der Waals surface area contributed by atoms with E-state index in [1.165, 1.54) is 0 Å². The third-order valence-corrected chi connectivity index (χ3v) is 1.63. The number of aliphatic hydroxyl groups is 2. The molecule has 0 saturated heterocycles. The van der Waals surface area contributed by atoms with Crippen LogP contribution in [0.15, 0.2) is 18.3 Å². The zero-order chi connectivity index (χ0) is 8.97. The molecule has 0 aromatic carbocycles. The standard InChI is InChI=1S/C8H12N2O2/c9-8-6(2-1-4-10-8)7(12)3-5-11/h1-2,4,7,11-12H,3,5H2,(H2,9,10). The van der Waals surface area contributed by atoms with Gasteiger partial charge in [-0.25, -0.2) is 4.98 Å². The van der Waals surface area contributed by atoms with Gasteiger partial charge in [-0.15, -0.1) is 0 Å². The number of hydrogen-bond donors (Lipinski definition) is 3. The molecule has 12 heavy (non-hydrogen) atoms. The number of aromatic nitrogens is 1. The minimum Gasteiger partial charge on any atom is -0.396 e. The van der Waals surface area contributed by atoms with Crippen molar-refractivity contribution in [1.82, 2.24) is 4.98 Å². The number of pyridine rings is 1. The van der Waals surface area contributed by atoms with Crippen LogP contribution in [-0.4, -0.2) is 21.8 Å². The van der Waals surface area contributed by atoms with E-state index in [1.807, 2.05) is 0 Å². The number of nitrogens with two attached hydrogens (primary N) is 1. The molecule has 0 aliphatic carbocycles. The van der Waals surface area contributed by atoms with Crippen LogP contribution in [0.1, 0.15) is 18.1 Å². The molecule has 0 fully saturated rings. The van der Waals surface area contributed by atoms with Gasteiger partial charge in [0.1, 0.15) is 5.82 Å². The smallest absolute Gasteiger partial charge is 0.129 e. The molecule has 0 amide bonds. The Morgan fingerprint density at radius 2 is 2.33 bits per heavy atom. The highest BCUT2D eigenvalue weighted by Crippen LogP contribution is 2.19. The van der Waals surface area contributed by atoms with Crippen molar-refractivity contribution in [2.45, 2.75) is 12.5 Å². The van der Waals surface area contributed by atoms with E-state index in [9.17, 15) is 5.11 Å². The minimum atomic E-state index is -0.719. The van der Waals surface area contributed by atoms with Gasteiger partial charge in [0.15, 0.2) is 0 Å². The lowest BCUT2D eigenvalue weighted by molar-refractivity contribution is 0.134. The van der Waals surface area contributed by atoms with E-state index in [2.05, 4.69) is 4.98 Å². The highest BCUT2D eigenvalue weighted by Gasteiger charge is 2.09. The molecule has 4 nitrogen and oxygen atoms in total. The van der Waals surface area contributed by atoms with Gasteiger partial charge in [-0.3, -0.25) is 0 Å². The van der Waals surface area contributed by atoms with Crippen LogP contribution in [0.5, 0.6) is 0 Å². The molecule has 0 aliphatic heterocycles. The Hall–Kier alpha value is -1.13. The summed E-state index contributed by atoms with van der Waals surface area (Å²) in [5.74, 6) is 0.318. The van der Waals surface area contributed by atoms with E-state index in [1.54, 1.807) is 18.3 Å². The number of aliphatic hydroxyl groups excluding tert-OH is 2. The second-order valence-corrected chi connectivity index (χ2v) is 2.51. The lowest BCUT2D eigenvalue weighted by Gasteiger charge is -2.10. The van der Waals surface area contributed by atoms with Crippen molar-refractivity contribution in [2.75, 3.05) is 12.3 Å². The Morgan fingerprint density at radius 3 is 2.92 bits per heavy atom. The van der Waals surface area contributed by atoms with Crippen LogP contribution < -0.4 is 5.73 Å². The fourth-order valence-corrected chi connectivity index (χ4v) is 0.990. The summed E-state index contributed by atoms with van der Waals surface area (Å²) in [5, 5.41) is 18.0. The molecule has 0 bridgehead atoms. The second kappa shape index (κ2) is 4.04. The van der Waals surface area contributed by atoms with Crippen molar-refractivity contribution in [1.29, 1.82) is 0 Å². The maximum atomic E-state index is 9.42. The molecule has 0 saturated carbocycles. The molecule has 0 aliphatic rings. The minimum absolute atomic E-state index is 0.0600. The highest BCUT2D eigenvalue weighted by atomic mass is 16.3. The van der Waals surface area contributed by atoms with Crippen LogP contribution in [-0.2, 0) is 0 Å². The first-order valence-corrected chi connectivity index (χ1v) is 3.75. The topological polar surface area (TPSA) is 79.4 Å². The average Bonchev–Trinajstić information content (AvgIpc) is 2.05. The summed E-state index contributed by atoms with van der Waals surface area (Å²) in [7, 11) is 0. The quantitative estimate of drug-likeness (QED) is 0.597. The van der Waals surface area contributed by atoms with Gasteiger partial charge in [-0.05, 0) is 6.07 Å². The Balaban J connectivity index is 2.79. The molecule has 4 N–H and O–H groups in total. The van der Waals surface area contributed by atoms with E-state index in [0.717, 1.165) is 0 Å². The van der Waals surface area contributed by atoms with Crippen molar-refractivity contribution in [2.24, 2.45) is 0 Å². The summed E-state index contributed by atoms with van der Waals surface area (Å²) in [6.45, 7) is -0.0600. The SMILES string of the molecule is Nc1ncccc1C(O)CCO. The monoisotopic (exact) mass is 168 g/mol. The van der Waals surface area contributed by atoms with Crippen molar-refractivity contribution in [3.05, 3.63) is 23.9 Å². The Kier molecular flexibility index (Phi) is 3.01. The van der Waals surface area contributed by atoms with Crippen molar-refractivity contribution >= 4 is 5.82 Å². The van der Waals surface area contributed by atoms with Crippen molar-refractivity contribution in [3.63, 3.8) is 0 Å². The first-order chi connectivity index (χ1) is 5.75. The Labute approximate surface area is 70.7 Å². The van der Waals surface area contributed by atoms with Gasteiger partial charge in [0.2, 0.25) is 0 Å². The van der Waals surface area contributed by atoms with Crippen LogP contribution in [0.4, 0.5) is 5.82 Å². The van der Waals surface area contributed by atoms with Crippen LogP contribution >= 0.6 is 0 Å². The van der Waals surface area contributed by atoms with E-state index in [-0.39, 0.29) is 13.0 Å². The largest absolute Gasteiger partial charge is 0.396 e. The van der Waals surface area contributed by atoms with Gasteiger partial charge in [0.05, 0.1) is 6.10 Å². The van der Waals surface area contributed by atoms with Gasteiger partial charge in [-0.1, -0.05) is 6.07 Å². The number of rotatable bonds is 3. The normalized spacial score (nSPS) is 12.8. The molecule has 0 radical (unpaired) electrons. The lowest BCUT2D eigenvalue weighted by atomic mass is 10.1. The summed E-state index contributed by atoms with van der Waals surface area (Å²) in [4.78, 5) is 3.82. The van der Waals surface area contributed by atoms with E-state index in [4.69, 9.17) is 10.8 Å². The maximum Gasteiger partial charge on any atom is 0.129 e. The molecule has 1 aromatic rings. The van der Waals surface area contributed by atoms with Crippen molar-refractivity contribution in [3.8, 4) is 0 Å². The highest BCUT2D eigenvalue weighted by molar-refractivity contribution is 5.39. The molecule has 1 heterocycles. The molecule has 66 valence electrons. The molecule has 1 rings (SSSR count). The van der Waals surface area contributed by atoms with Gasteiger partial charge in [0.25, 0.3) is 0 Å².